The minimum atomic E-state index is -0.314. The Bertz CT molecular complexity index is 830. The summed E-state index contributed by atoms with van der Waals surface area (Å²) in [6.45, 7) is 4.30. The molecule has 0 bridgehead atoms. The van der Waals surface area contributed by atoms with Gasteiger partial charge in [0.1, 0.15) is 5.75 Å². The zero-order chi connectivity index (χ0) is 18.5. The van der Waals surface area contributed by atoms with Gasteiger partial charge in [0.25, 0.3) is 5.91 Å². The molecular weight excluding hydrogens is 394 g/mol. The highest BCUT2D eigenvalue weighted by molar-refractivity contribution is 9.10. The molecule has 1 fully saturated rings. The maximum atomic E-state index is 12.3. The second-order valence-electron chi connectivity index (χ2n) is 6.28. The van der Waals surface area contributed by atoms with Crippen molar-refractivity contribution in [2.24, 2.45) is 5.10 Å². The van der Waals surface area contributed by atoms with Crippen molar-refractivity contribution in [2.75, 3.05) is 25.1 Å². The topological polar surface area (TPSA) is 53.9 Å². The summed E-state index contributed by atoms with van der Waals surface area (Å²) in [6.07, 6.45) is 4.19. The van der Waals surface area contributed by atoms with Gasteiger partial charge in [-0.3, -0.25) is 4.79 Å². The van der Waals surface area contributed by atoms with Crippen molar-refractivity contribution < 1.29 is 9.53 Å². The number of hydrogen-bond acceptors (Lipinski definition) is 4. The summed E-state index contributed by atoms with van der Waals surface area (Å²) in [7, 11) is 1.54. The van der Waals surface area contributed by atoms with Gasteiger partial charge < -0.3 is 9.64 Å². The van der Waals surface area contributed by atoms with E-state index in [-0.39, 0.29) is 5.91 Å². The number of aryl methyl sites for hydroxylation is 1. The zero-order valence-corrected chi connectivity index (χ0v) is 16.5. The van der Waals surface area contributed by atoms with Gasteiger partial charge in [0.05, 0.1) is 18.9 Å². The van der Waals surface area contributed by atoms with E-state index in [9.17, 15) is 4.79 Å². The van der Waals surface area contributed by atoms with E-state index in [0.717, 1.165) is 28.7 Å². The third-order valence-corrected chi connectivity index (χ3v) is 4.99. The molecule has 26 heavy (non-hydrogen) atoms. The second-order valence-corrected chi connectivity index (χ2v) is 7.19. The first-order chi connectivity index (χ1) is 12.6. The van der Waals surface area contributed by atoms with Crippen LogP contribution in [0.15, 0.2) is 46.0 Å². The highest BCUT2D eigenvalue weighted by Crippen LogP contribution is 2.23. The molecule has 0 radical (unpaired) electrons. The Labute approximate surface area is 162 Å². The van der Waals surface area contributed by atoms with Crippen LogP contribution in [-0.4, -0.2) is 32.3 Å². The molecule has 6 heteroatoms. The van der Waals surface area contributed by atoms with E-state index < -0.39 is 0 Å². The average molecular weight is 416 g/mol. The van der Waals surface area contributed by atoms with E-state index in [2.05, 4.69) is 50.4 Å². The minimum absolute atomic E-state index is 0.314. The van der Waals surface area contributed by atoms with Crippen molar-refractivity contribution >= 4 is 33.7 Å². The lowest BCUT2D eigenvalue weighted by Crippen LogP contribution is -2.19. The van der Waals surface area contributed by atoms with Crippen LogP contribution in [0.4, 0.5) is 5.69 Å². The van der Waals surface area contributed by atoms with Crippen molar-refractivity contribution in [3.8, 4) is 5.75 Å². The zero-order valence-electron chi connectivity index (χ0n) is 15.0. The van der Waals surface area contributed by atoms with Crippen LogP contribution < -0.4 is 15.1 Å². The molecule has 1 saturated heterocycles. The molecule has 1 aliphatic rings. The second kappa shape index (κ2) is 8.36. The number of ether oxygens (including phenoxy) is 1. The lowest BCUT2D eigenvalue weighted by Gasteiger charge is -2.18. The van der Waals surface area contributed by atoms with Crippen molar-refractivity contribution in [3.05, 3.63) is 57.6 Å². The highest BCUT2D eigenvalue weighted by Gasteiger charge is 2.13. The molecule has 136 valence electrons. The summed E-state index contributed by atoms with van der Waals surface area (Å²) < 4.78 is 6.04. The first kappa shape index (κ1) is 18.5. The molecule has 2 aromatic rings. The van der Waals surface area contributed by atoms with Crippen molar-refractivity contribution in [3.63, 3.8) is 0 Å². The average Bonchev–Trinajstić information content (AvgIpc) is 3.17. The number of anilines is 1. The highest BCUT2D eigenvalue weighted by atomic mass is 79.9. The summed E-state index contributed by atoms with van der Waals surface area (Å²) in [5, 5.41) is 4.10. The number of benzene rings is 2. The van der Waals surface area contributed by atoms with Crippen LogP contribution in [0.25, 0.3) is 0 Å². The van der Waals surface area contributed by atoms with E-state index >= 15 is 0 Å². The van der Waals surface area contributed by atoms with Crippen molar-refractivity contribution in [1.29, 1.82) is 0 Å². The first-order valence-corrected chi connectivity index (χ1v) is 9.40. The Balaban J connectivity index is 1.68. The first-order valence-electron chi connectivity index (χ1n) is 8.61. The maximum absolute atomic E-state index is 12.3. The molecule has 0 saturated carbocycles. The summed E-state index contributed by atoms with van der Waals surface area (Å²) in [4.78, 5) is 14.7. The molecule has 0 atom stereocenters. The minimum Gasteiger partial charge on any atom is -0.496 e. The predicted molar refractivity (Wildman–Crippen MR) is 108 cm³/mol. The maximum Gasteiger partial charge on any atom is 0.275 e. The number of rotatable bonds is 5. The van der Waals surface area contributed by atoms with Gasteiger partial charge in [0.15, 0.2) is 0 Å². The molecule has 1 heterocycles. The fourth-order valence-corrected chi connectivity index (χ4v) is 3.42. The normalized spacial score (nSPS) is 14.0. The Morgan fingerprint density at radius 3 is 2.69 bits per heavy atom. The van der Waals surface area contributed by atoms with Gasteiger partial charge in [0.2, 0.25) is 0 Å². The Kier molecular flexibility index (Phi) is 5.93. The van der Waals surface area contributed by atoms with Crippen molar-refractivity contribution in [1.82, 2.24) is 5.43 Å². The van der Waals surface area contributed by atoms with E-state index in [4.69, 9.17) is 4.74 Å². The molecule has 0 unspecified atom stereocenters. The van der Waals surface area contributed by atoms with Crippen LogP contribution in [0, 0.1) is 6.92 Å². The Morgan fingerprint density at radius 1 is 1.23 bits per heavy atom. The molecule has 1 aliphatic heterocycles. The van der Waals surface area contributed by atoms with Crippen LogP contribution in [-0.2, 0) is 0 Å². The number of methoxy groups -OCH3 is 1. The Hall–Kier alpha value is -2.34. The molecule has 5 nitrogen and oxygen atoms in total. The number of nitrogens with one attached hydrogen (secondary N) is 1. The van der Waals surface area contributed by atoms with Gasteiger partial charge in [0, 0.05) is 23.2 Å². The van der Waals surface area contributed by atoms with Gasteiger partial charge >= 0.3 is 0 Å². The van der Waals surface area contributed by atoms with Crippen LogP contribution in [0.2, 0.25) is 0 Å². The molecule has 1 amide bonds. The van der Waals surface area contributed by atoms with Crippen LogP contribution in [0.3, 0.4) is 0 Å². The van der Waals surface area contributed by atoms with Gasteiger partial charge in [-0.05, 0) is 61.2 Å². The van der Waals surface area contributed by atoms with Gasteiger partial charge in [-0.25, -0.2) is 5.43 Å². The van der Waals surface area contributed by atoms with Gasteiger partial charge in [-0.15, -0.1) is 0 Å². The SMILES string of the molecule is COc1ccc(Br)cc1C(=O)N/N=C\c1ccc(N2CCCC2)cc1C. The van der Waals surface area contributed by atoms with Gasteiger partial charge in [-0.2, -0.15) is 5.10 Å². The number of amides is 1. The fraction of sp³-hybridized carbons (Fsp3) is 0.300. The molecule has 0 aromatic heterocycles. The Morgan fingerprint density at radius 2 is 2.00 bits per heavy atom. The van der Waals surface area contributed by atoms with Crippen LogP contribution in [0.1, 0.15) is 34.3 Å². The number of carbonyl (C=O) groups is 1. The molecule has 3 rings (SSSR count). The fourth-order valence-electron chi connectivity index (χ4n) is 3.06. The van der Waals surface area contributed by atoms with Crippen LogP contribution in [0.5, 0.6) is 5.75 Å². The predicted octanol–water partition coefficient (Wildman–Crippen LogP) is 4.13. The number of carbonyl (C=O) groups excluding carboxylic acids is 1. The van der Waals surface area contributed by atoms with Crippen LogP contribution >= 0.6 is 15.9 Å². The van der Waals surface area contributed by atoms with E-state index in [1.54, 1.807) is 18.3 Å². The van der Waals surface area contributed by atoms with E-state index in [1.165, 1.54) is 25.6 Å². The molecule has 0 spiro atoms. The number of halogens is 1. The largest absolute Gasteiger partial charge is 0.496 e. The monoisotopic (exact) mass is 415 g/mol. The quantitative estimate of drug-likeness (QED) is 0.589. The third-order valence-electron chi connectivity index (χ3n) is 4.50. The molecule has 1 N–H and O–H groups in total. The van der Waals surface area contributed by atoms with Crippen molar-refractivity contribution in [2.45, 2.75) is 19.8 Å². The summed E-state index contributed by atoms with van der Waals surface area (Å²) >= 11 is 3.36. The summed E-state index contributed by atoms with van der Waals surface area (Å²) in [5.74, 6) is 0.192. The summed E-state index contributed by atoms with van der Waals surface area (Å²) in [5.41, 5.74) is 6.36. The number of nitrogens with zero attached hydrogens (tertiary/aromatic N) is 2. The molecular formula is C20H22BrN3O2. The number of hydrazone groups is 1. The lowest BCUT2D eigenvalue weighted by molar-refractivity contribution is 0.0952. The van der Waals surface area contributed by atoms with E-state index in [1.807, 2.05) is 12.1 Å². The third kappa shape index (κ3) is 4.25. The lowest BCUT2D eigenvalue weighted by atomic mass is 10.1. The molecule has 2 aromatic carbocycles. The smallest absolute Gasteiger partial charge is 0.275 e. The molecule has 0 aliphatic carbocycles. The standard InChI is InChI=1S/C20H22BrN3O2/c1-14-11-17(24-9-3-4-10-24)7-5-15(14)13-22-23-20(25)18-12-16(21)6-8-19(18)26-2/h5-8,11-13H,3-4,9-10H2,1-2H3,(H,23,25)/b22-13-. The number of hydrogen-bond donors (Lipinski definition) is 1. The van der Waals surface area contributed by atoms with Gasteiger partial charge in [-0.1, -0.05) is 22.0 Å². The summed E-state index contributed by atoms with van der Waals surface area (Å²) in [6, 6.07) is 11.6. The van der Waals surface area contributed by atoms with E-state index in [0.29, 0.717) is 11.3 Å².